The number of nitrogens with zero attached hydrogens (tertiary/aromatic N) is 5. The lowest BCUT2D eigenvalue weighted by molar-refractivity contribution is -0.134. The number of aromatic nitrogens is 2. The molecule has 1 fully saturated rings. The summed E-state index contributed by atoms with van der Waals surface area (Å²) < 4.78 is 23.4. The Morgan fingerprint density at radius 1 is 0.931 bits per heavy atom. The van der Waals surface area contributed by atoms with Gasteiger partial charge in [0.15, 0.2) is 11.3 Å². The van der Waals surface area contributed by atoms with Gasteiger partial charge in [-0.2, -0.15) is 0 Å². The van der Waals surface area contributed by atoms with Gasteiger partial charge in [0.25, 0.3) is 11.8 Å². The second-order valence-electron chi connectivity index (χ2n) is 18.7. The van der Waals surface area contributed by atoms with Crippen molar-refractivity contribution < 1.29 is 38.2 Å². The van der Waals surface area contributed by atoms with Crippen LogP contribution in [0.15, 0.2) is 124 Å². The largest absolute Gasteiger partial charge is 0.508 e. The van der Waals surface area contributed by atoms with Crippen molar-refractivity contribution in [2.45, 2.75) is 84.2 Å². The Labute approximate surface area is 425 Å². The molecule has 0 radical (unpaired) electrons. The number of phenolic OH excluding ortho intramolecular Hbond substituents is 1. The van der Waals surface area contributed by atoms with Crippen LogP contribution in [0, 0.1) is 12.8 Å². The van der Waals surface area contributed by atoms with Crippen LogP contribution in [0.5, 0.6) is 17.4 Å². The lowest BCUT2D eigenvalue weighted by atomic mass is 9.88. The Morgan fingerprint density at radius 3 is 2.33 bits per heavy atom. The van der Waals surface area contributed by atoms with Gasteiger partial charge in [-0.3, -0.25) is 14.4 Å². The van der Waals surface area contributed by atoms with E-state index in [1.165, 1.54) is 5.57 Å². The third-order valence-corrected chi connectivity index (χ3v) is 14.4. The number of phenols is 1. The predicted molar refractivity (Wildman–Crippen MR) is 280 cm³/mol. The van der Waals surface area contributed by atoms with Gasteiger partial charge in [-0.15, -0.1) is 11.3 Å². The maximum atomic E-state index is 14.3. The fourth-order valence-corrected chi connectivity index (χ4v) is 10.2. The molecule has 3 atom stereocenters. The van der Waals surface area contributed by atoms with Gasteiger partial charge in [0.05, 0.1) is 35.3 Å². The lowest BCUT2D eigenvalue weighted by Gasteiger charge is -2.29. The molecule has 1 saturated heterocycles. The topological polar surface area (TPSA) is 169 Å². The summed E-state index contributed by atoms with van der Waals surface area (Å²) >= 11 is 1.58. The average molecular weight is 993 g/mol. The molecular formula is C57H64N6O8S. The van der Waals surface area contributed by atoms with Crippen molar-refractivity contribution in [1.29, 1.82) is 0 Å². The van der Waals surface area contributed by atoms with Crippen LogP contribution in [0.4, 0.5) is 0 Å². The molecule has 15 heteroatoms. The van der Waals surface area contributed by atoms with Crippen molar-refractivity contribution in [2.24, 2.45) is 10.9 Å². The third kappa shape index (κ3) is 11.8. The summed E-state index contributed by atoms with van der Waals surface area (Å²) in [4.78, 5) is 54.6. The van der Waals surface area contributed by atoms with E-state index in [9.17, 15) is 19.5 Å². The molecule has 0 spiro atoms. The fraction of sp³-hybridized carbons (Fsp3) is 0.368. The van der Waals surface area contributed by atoms with Crippen LogP contribution in [0.25, 0.3) is 21.6 Å². The second-order valence-corrected chi connectivity index (χ2v) is 19.6. The smallest absolute Gasteiger partial charge is 0.257 e. The first-order valence-electron chi connectivity index (χ1n) is 24.8. The molecule has 4 heterocycles. The van der Waals surface area contributed by atoms with Crippen LogP contribution >= 0.6 is 11.3 Å². The van der Waals surface area contributed by atoms with Crippen LogP contribution < -0.4 is 14.8 Å². The Hall–Kier alpha value is -7.10. The molecule has 376 valence electrons. The number of aromatic hydroxyl groups is 1. The van der Waals surface area contributed by atoms with E-state index < -0.39 is 11.5 Å². The van der Waals surface area contributed by atoms with Crippen molar-refractivity contribution in [3.63, 3.8) is 0 Å². The minimum absolute atomic E-state index is 0.00118. The summed E-state index contributed by atoms with van der Waals surface area (Å²) in [5.41, 5.74) is 8.97. The quantitative estimate of drug-likeness (QED) is 0.0493. The summed E-state index contributed by atoms with van der Waals surface area (Å²) in [6, 6.07) is 34.8. The SMILES string of the molecule is CC/C(=C(\c1ccc(O)cc1)c1ccc(OCCN(C)C(=O)CCCOCCOc2cc(C(C(=O)N3CCC[C@H]3C3=N[C@@](C)(c4ccc(-c5scnc5C)cc4)C(=O)N3)C(C)C)on2)cc1)c1ccccc1. The zero-order chi connectivity index (χ0) is 50.8. The van der Waals surface area contributed by atoms with Gasteiger partial charge in [-0.05, 0) is 114 Å². The summed E-state index contributed by atoms with van der Waals surface area (Å²) in [6.07, 6.45) is 3.15. The predicted octanol–water partition coefficient (Wildman–Crippen LogP) is 10.1. The lowest BCUT2D eigenvalue weighted by Crippen LogP contribution is -2.48. The number of aryl methyl sites for hydroxylation is 1. The number of rotatable bonds is 22. The van der Waals surface area contributed by atoms with E-state index in [0.29, 0.717) is 62.9 Å². The number of ether oxygens (including phenoxy) is 3. The number of likely N-dealkylation sites (tertiary alicyclic amines) is 1. The molecule has 6 aromatic rings. The van der Waals surface area contributed by atoms with Crippen molar-refractivity contribution >= 4 is 46.0 Å². The van der Waals surface area contributed by atoms with Crippen LogP contribution in [0.1, 0.15) is 99.4 Å². The molecule has 4 aromatic carbocycles. The Kier molecular flexibility index (Phi) is 16.7. The van der Waals surface area contributed by atoms with Gasteiger partial charge in [-0.1, -0.05) is 99.6 Å². The summed E-state index contributed by atoms with van der Waals surface area (Å²) in [5.74, 6) is 1.01. The molecule has 3 amide bonds. The molecule has 2 aromatic heterocycles. The maximum absolute atomic E-state index is 14.3. The number of aliphatic imine (C=N–C) groups is 1. The second kappa shape index (κ2) is 23.4. The van der Waals surface area contributed by atoms with Gasteiger partial charge in [0.1, 0.15) is 36.5 Å². The van der Waals surface area contributed by atoms with Crippen LogP contribution in [-0.4, -0.2) is 101 Å². The number of carbonyl (C=O) groups excluding carboxylic acids is 3. The first-order valence-corrected chi connectivity index (χ1v) is 25.7. The molecule has 2 aliphatic heterocycles. The number of hydrogen-bond donors (Lipinski definition) is 2. The molecule has 72 heavy (non-hydrogen) atoms. The van der Waals surface area contributed by atoms with E-state index in [4.69, 9.17) is 23.7 Å². The zero-order valence-corrected chi connectivity index (χ0v) is 42.7. The van der Waals surface area contributed by atoms with Crippen LogP contribution in [0.3, 0.4) is 0 Å². The summed E-state index contributed by atoms with van der Waals surface area (Å²) in [5, 5.41) is 17.1. The van der Waals surface area contributed by atoms with E-state index in [2.05, 4.69) is 34.5 Å². The monoisotopic (exact) mass is 992 g/mol. The molecule has 8 rings (SSSR count). The number of amides is 3. The number of allylic oxidation sites excluding steroid dienone is 1. The average Bonchev–Trinajstić information content (AvgIpc) is 4.22. The Balaban J connectivity index is 0.759. The molecule has 14 nitrogen and oxygen atoms in total. The number of carbonyl (C=O) groups is 3. The maximum Gasteiger partial charge on any atom is 0.257 e. The van der Waals surface area contributed by atoms with E-state index >= 15 is 0 Å². The van der Waals surface area contributed by atoms with Crippen molar-refractivity contribution in [3.8, 4) is 27.8 Å². The highest BCUT2D eigenvalue weighted by Gasteiger charge is 2.46. The van der Waals surface area contributed by atoms with Gasteiger partial charge in [0.2, 0.25) is 11.8 Å². The van der Waals surface area contributed by atoms with Crippen LogP contribution in [-0.2, 0) is 24.7 Å². The Bertz CT molecular complexity index is 2860. The summed E-state index contributed by atoms with van der Waals surface area (Å²) in [7, 11) is 1.77. The van der Waals surface area contributed by atoms with Crippen LogP contribution in [0.2, 0.25) is 0 Å². The number of amidine groups is 1. The first kappa shape index (κ1) is 51.3. The zero-order valence-electron chi connectivity index (χ0n) is 41.9. The molecular weight excluding hydrogens is 929 g/mol. The van der Waals surface area contributed by atoms with Gasteiger partial charge < -0.3 is 39.0 Å². The standard InChI is InChI=1S/C57H64N6O8S/c1-7-46(39-13-9-8-10-14-39)52(40-19-25-44(64)26-20-40)41-21-27-45(28-22-41)69-32-30-62(6)50(65)16-12-31-68-33-34-70-49-35-48(71-61-49)51(37(2)3)55(66)63-29-11-15-47(63)54-59-56(67)57(5,60-54)43-23-17-42(18-24-43)53-38(4)58-36-72-53/h8-10,13-14,17-28,35-37,47,51,64H,7,11-12,15-16,29-34H2,1-6H3,(H,59,60,67)/b52-46-/t47-,51?,57-/m0/s1. The number of benzene rings is 4. The van der Waals surface area contributed by atoms with E-state index in [-0.39, 0.29) is 54.5 Å². The fourth-order valence-electron chi connectivity index (χ4n) is 9.43. The number of likely N-dealkylation sites (N-methyl/N-ethyl adjacent to an activating group) is 1. The third-order valence-electron chi connectivity index (χ3n) is 13.4. The molecule has 2 N–H and O–H groups in total. The highest BCUT2D eigenvalue weighted by molar-refractivity contribution is 7.13. The highest BCUT2D eigenvalue weighted by Crippen LogP contribution is 2.38. The normalized spacial score (nSPS) is 17.4. The number of thiazole rings is 1. The minimum atomic E-state index is -1.13. The van der Waals surface area contributed by atoms with Gasteiger partial charge >= 0.3 is 0 Å². The highest BCUT2D eigenvalue weighted by atomic mass is 32.1. The van der Waals surface area contributed by atoms with E-state index in [1.807, 2.05) is 117 Å². The summed E-state index contributed by atoms with van der Waals surface area (Å²) in [6.45, 7) is 12.0. The minimum Gasteiger partial charge on any atom is -0.508 e. The van der Waals surface area contributed by atoms with E-state index in [0.717, 1.165) is 56.8 Å². The number of nitrogens with one attached hydrogen (secondary N) is 1. The first-order chi connectivity index (χ1) is 34.8. The van der Waals surface area contributed by atoms with Crippen molar-refractivity contribution in [2.75, 3.05) is 46.6 Å². The van der Waals surface area contributed by atoms with Gasteiger partial charge in [-0.25, -0.2) is 9.98 Å². The van der Waals surface area contributed by atoms with Crippen molar-refractivity contribution in [3.05, 3.63) is 148 Å². The molecule has 1 unspecified atom stereocenters. The molecule has 0 aliphatic carbocycles. The Morgan fingerprint density at radius 2 is 1.65 bits per heavy atom. The number of hydrogen-bond acceptors (Lipinski definition) is 12. The molecule has 0 saturated carbocycles. The van der Waals surface area contributed by atoms with Gasteiger partial charge in [0, 0.05) is 32.7 Å². The molecule has 2 aliphatic rings. The van der Waals surface area contributed by atoms with E-state index in [1.54, 1.807) is 41.5 Å². The molecule has 0 bridgehead atoms. The van der Waals surface area contributed by atoms with Crippen molar-refractivity contribution in [1.82, 2.24) is 25.3 Å².